The van der Waals surface area contributed by atoms with Crippen molar-refractivity contribution in [2.75, 3.05) is 5.75 Å². The molecule has 0 amide bonds. The molecule has 1 heterocycles. The smallest absolute Gasteiger partial charge is 0.387 e. The van der Waals surface area contributed by atoms with Crippen LogP contribution in [0.1, 0.15) is 10.4 Å². The number of hydrogen-bond donors (Lipinski definition) is 1. The Balaban J connectivity index is 1.61. The quantitative estimate of drug-likeness (QED) is 0.493. The van der Waals surface area contributed by atoms with Crippen molar-refractivity contribution < 1.29 is 22.7 Å². The Hall–Kier alpha value is -2.81. The number of aromatic nitrogens is 3. The Morgan fingerprint density at radius 3 is 2.58 bits per heavy atom. The first-order valence-electron chi connectivity index (χ1n) is 7.41. The highest BCUT2D eigenvalue weighted by Crippen LogP contribution is 2.22. The predicted octanol–water partition coefficient (Wildman–Crippen LogP) is 4.19. The van der Waals surface area contributed by atoms with E-state index in [0.29, 0.717) is 10.7 Å². The summed E-state index contributed by atoms with van der Waals surface area (Å²) in [5.74, 6) is -0.360. The number of Topliss-reactive ketones (excluding diaryl/α,β-unsaturated/α-hetero) is 1. The predicted molar refractivity (Wildman–Crippen MR) is 89.9 cm³/mol. The number of aromatic amines is 1. The zero-order valence-electron chi connectivity index (χ0n) is 13.2. The summed E-state index contributed by atoms with van der Waals surface area (Å²) < 4.78 is 42.2. The summed E-state index contributed by atoms with van der Waals surface area (Å²) in [5, 5.41) is 6.88. The number of H-pyrrole nitrogens is 1. The maximum atomic E-state index is 13.7. The number of benzene rings is 2. The monoisotopic (exact) mass is 379 g/mol. The van der Waals surface area contributed by atoms with E-state index in [1.807, 2.05) is 0 Å². The van der Waals surface area contributed by atoms with Crippen LogP contribution in [0, 0.1) is 5.82 Å². The maximum Gasteiger partial charge on any atom is 0.387 e. The lowest BCUT2D eigenvalue weighted by molar-refractivity contribution is -0.0498. The normalized spacial score (nSPS) is 10.9. The van der Waals surface area contributed by atoms with E-state index in [1.165, 1.54) is 30.3 Å². The van der Waals surface area contributed by atoms with Gasteiger partial charge in [0.25, 0.3) is 0 Å². The second-order valence-corrected chi connectivity index (χ2v) is 6.00. The summed E-state index contributed by atoms with van der Waals surface area (Å²) in [4.78, 5) is 16.3. The SMILES string of the molecule is O=C(CSc1n[nH]c(-c2ccccc2F)n1)c1ccc(OC(F)F)cc1. The molecule has 1 aromatic heterocycles. The Morgan fingerprint density at radius 1 is 1.15 bits per heavy atom. The topological polar surface area (TPSA) is 67.9 Å². The Labute approximate surface area is 150 Å². The molecule has 26 heavy (non-hydrogen) atoms. The number of nitrogens with one attached hydrogen (secondary N) is 1. The molecule has 3 aromatic rings. The third-order valence-corrected chi connectivity index (χ3v) is 4.17. The minimum Gasteiger partial charge on any atom is -0.435 e. The van der Waals surface area contributed by atoms with Crippen LogP contribution in [0.15, 0.2) is 53.7 Å². The fraction of sp³-hybridized carbons (Fsp3) is 0.118. The number of carbonyl (C=O) groups excluding carboxylic acids is 1. The maximum absolute atomic E-state index is 13.7. The molecule has 3 rings (SSSR count). The molecule has 0 aliphatic heterocycles. The average molecular weight is 379 g/mol. The van der Waals surface area contributed by atoms with Gasteiger partial charge in [-0.1, -0.05) is 23.9 Å². The lowest BCUT2D eigenvalue weighted by Gasteiger charge is -2.05. The first-order valence-corrected chi connectivity index (χ1v) is 8.39. The van der Waals surface area contributed by atoms with Crippen LogP contribution in [-0.4, -0.2) is 33.3 Å². The lowest BCUT2D eigenvalue weighted by Crippen LogP contribution is -2.04. The van der Waals surface area contributed by atoms with E-state index in [9.17, 15) is 18.0 Å². The second-order valence-electron chi connectivity index (χ2n) is 5.06. The second kappa shape index (κ2) is 8.05. The molecule has 0 spiro atoms. The molecule has 5 nitrogen and oxygen atoms in total. The van der Waals surface area contributed by atoms with Crippen LogP contribution in [0.4, 0.5) is 13.2 Å². The van der Waals surface area contributed by atoms with Crippen LogP contribution in [0.2, 0.25) is 0 Å². The summed E-state index contributed by atoms with van der Waals surface area (Å²) in [7, 11) is 0. The molecule has 0 aliphatic rings. The fourth-order valence-corrected chi connectivity index (χ4v) is 2.81. The van der Waals surface area contributed by atoms with Gasteiger partial charge in [0.15, 0.2) is 11.6 Å². The third kappa shape index (κ3) is 4.42. The summed E-state index contributed by atoms with van der Waals surface area (Å²) >= 11 is 1.08. The molecule has 9 heteroatoms. The van der Waals surface area contributed by atoms with Gasteiger partial charge in [-0.15, -0.1) is 5.10 Å². The minimum atomic E-state index is -2.92. The summed E-state index contributed by atoms with van der Waals surface area (Å²) in [5.41, 5.74) is 0.636. The Morgan fingerprint density at radius 2 is 1.88 bits per heavy atom. The van der Waals surface area contributed by atoms with Gasteiger partial charge >= 0.3 is 6.61 Å². The summed E-state index contributed by atoms with van der Waals surface area (Å²) in [6.07, 6.45) is 0. The highest BCUT2D eigenvalue weighted by molar-refractivity contribution is 7.99. The number of carbonyl (C=O) groups is 1. The van der Waals surface area contributed by atoms with E-state index >= 15 is 0 Å². The number of rotatable bonds is 7. The van der Waals surface area contributed by atoms with Gasteiger partial charge in [0.05, 0.1) is 11.3 Å². The van der Waals surface area contributed by atoms with Crippen LogP contribution in [0.25, 0.3) is 11.4 Å². The lowest BCUT2D eigenvalue weighted by atomic mass is 10.1. The Kier molecular flexibility index (Phi) is 5.57. The van der Waals surface area contributed by atoms with E-state index < -0.39 is 12.4 Å². The number of nitrogens with zero attached hydrogens (tertiary/aromatic N) is 2. The van der Waals surface area contributed by atoms with Crippen LogP contribution in [0.5, 0.6) is 5.75 Å². The molecule has 134 valence electrons. The third-order valence-electron chi connectivity index (χ3n) is 3.33. The summed E-state index contributed by atoms with van der Waals surface area (Å²) in [6, 6.07) is 11.5. The van der Waals surface area contributed by atoms with E-state index in [2.05, 4.69) is 19.9 Å². The van der Waals surface area contributed by atoms with E-state index in [4.69, 9.17) is 0 Å². The molecule has 0 bridgehead atoms. The van der Waals surface area contributed by atoms with Crippen molar-refractivity contribution >= 4 is 17.5 Å². The number of thioether (sulfide) groups is 1. The number of hydrogen-bond acceptors (Lipinski definition) is 5. The van der Waals surface area contributed by atoms with Crippen molar-refractivity contribution in [3.63, 3.8) is 0 Å². The largest absolute Gasteiger partial charge is 0.435 e. The van der Waals surface area contributed by atoms with Crippen LogP contribution < -0.4 is 4.74 Å². The molecule has 0 aliphatic carbocycles. The molecule has 0 radical (unpaired) electrons. The molecule has 1 N–H and O–H groups in total. The van der Waals surface area contributed by atoms with Crippen LogP contribution in [-0.2, 0) is 0 Å². The molecule has 0 fully saturated rings. The van der Waals surface area contributed by atoms with Gasteiger partial charge in [0.2, 0.25) is 5.16 Å². The molecule has 0 atom stereocenters. The van der Waals surface area contributed by atoms with Gasteiger partial charge in [-0.25, -0.2) is 9.37 Å². The average Bonchev–Trinajstić information content (AvgIpc) is 3.09. The zero-order chi connectivity index (χ0) is 18.5. The van der Waals surface area contributed by atoms with Gasteiger partial charge in [-0.3, -0.25) is 9.89 Å². The highest BCUT2D eigenvalue weighted by atomic mass is 32.2. The molecule has 0 saturated carbocycles. The van der Waals surface area contributed by atoms with E-state index in [1.54, 1.807) is 18.2 Å². The van der Waals surface area contributed by atoms with Gasteiger partial charge in [-0.05, 0) is 36.4 Å². The first kappa shape index (κ1) is 18.0. The van der Waals surface area contributed by atoms with Crippen LogP contribution >= 0.6 is 11.8 Å². The zero-order valence-corrected chi connectivity index (χ0v) is 14.0. The van der Waals surface area contributed by atoms with E-state index in [0.717, 1.165) is 11.8 Å². The van der Waals surface area contributed by atoms with Crippen molar-refractivity contribution in [1.29, 1.82) is 0 Å². The molecule has 0 unspecified atom stereocenters. The molecular formula is C17H12F3N3O2S. The number of halogens is 3. The van der Waals surface area contributed by atoms with E-state index in [-0.39, 0.29) is 28.7 Å². The fourth-order valence-electron chi connectivity index (χ4n) is 2.12. The van der Waals surface area contributed by atoms with Crippen molar-refractivity contribution in [2.45, 2.75) is 11.8 Å². The van der Waals surface area contributed by atoms with Gasteiger partial charge in [0.1, 0.15) is 11.6 Å². The Bertz CT molecular complexity index is 900. The molecule has 0 saturated heterocycles. The van der Waals surface area contributed by atoms with Crippen LogP contribution in [0.3, 0.4) is 0 Å². The summed E-state index contributed by atoms with van der Waals surface area (Å²) in [6.45, 7) is -2.92. The van der Waals surface area contributed by atoms with Gasteiger partial charge < -0.3 is 4.74 Å². The van der Waals surface area contributed by atoms with Crippen molar-refractivity contribution in [3.05, 3.63) is 59.9 Å². The molecule has 2 aromatic carbocycles. The van der Waals surface area contributed by atoms with Crippen molar-refractivity contribution in [2.24, 2.45) is 0 Å². The number of alkyl halides is 2. The first-order chi connectivity index (χ1) is 12.5. The van der Waals surface area contributed by atoms with Crippen molar-refractivity contribution in [1.82, 2.24) is 15.2 Å². The molecular weight excluding hydrogens is 367 g/mol. The minimum absolute atomic E-state index is 0.0206. The highest BCUT2D eigenvalue weighted by Gasteiger charge is 2.13. The number of ketones is 1. The van der Waals surface area contributed by atoms with Gasteiger partial charge in [0, 0.05) is 5.56 Å². The number of ether oxygens (including phenoxy) is 1. The standard InChI is InChI=1S/C17H12F3N3O2S/c18-13-4-2-1-3-12(13)15-21-17(23-22-15)26-9-14(24)10-5-7-11(8-6-10)25-16(19)20/h1-8,16H,9H2,(H,21,22,23). The van der Waals surface area contributed by atoms with Crippen molar-refractivity contribution in [3.8, 4) is 17.1 Å². The van der Waals surface area contributed by atoms with Gasteiger partial charge in [-0.2, -0.15) is 8.78 Å².